The fourth-order valence-corrected chi connectivity index (χ4v) is 7.39. The number of hydrogen-bond acceptors (Lipinski definition) is 9. The van der Waals surface area contributed by atoms with Crippen LogP contribution in [0.3, 0.4) is 0 Å². The lowest BCUT2D eigenvalue weighted by atomic mass is 10.3. The van der Waals surface area contributed by atoms with E-state index in [2.05, 4.69) is 0 Å². The van der Waals surface area contributed by atoms with Gasteiger partial charge in [-0.3, -0.25) is 13.7 Å². The van der Waals surface area contributed by atoms with Gasteiger partial charge in [-0.1, -0.05) is 54.6 Å². The zero-order chi connectivity index (χ0) is 22.2. The third-order valence-electron chi connectivity index (χ3n) is 4.57. The molecule has 0 N–H and O–H groups in total. The molecule has 14 heteroatoms. The molecule has 5 rings (SSSR count). The Morgan fingerprint density at radius 1 is 0.594 bits per heavy atom. The van der Waals surface area contributed by atoms with Crippen molar-refractivity contribution in [2.45, 2.75) is 0 Å². The molecule has 2 heterocycles. The topological polar surface area (TPSA) is 107 Å². The molecule has 2 aliphatic rings. The standard InChI is InChI=1S/C18H15B2O9P3/c21-30(16-10-4-1-5-11-16)24-19(25-30)28-32(23,18-14-8-3-9-15-18)29-20-26-31(22,27-20)17-12-6-2-7-13-17/h1-15H. The van der Waals surface area contributed by atoms with Gasteiger partial charge in [-0.25, -0.2) is 0 Å². The van der Waals surface area contributed by atoms with Crippen LogP contribution >= 0.6 is 22.8 Å². The summed E-state index contributed by atoms with van der Waals surface area (Å²) in [6, 6.07) is 24.6. The molecule has 32 heavy (non-hydrogen) atoms. The maximum Gasteiger partial charge on any atom is 0.660 e. The van der Waals surface area contributed by atoms with Gasteiger partial charge in [-0.2, -0.15) is 0 Å². The van der Waals surface area contributed by atoms with Crippen molar-refractivity contribution < 1.29 is 40.3 Å². The van der Waals surface area contributed by atoms with E-state index >= 15 is 0 Å². The molecule has 0 radical (unpaired) electrons. The van der Waals surface area contributed by atoms with Crippen molar-refractivity contribution in [2.75, 3.05) is 0 Å². The summed E-state index contributed by atoms with van der Waals surface area (Å²) in [6.45, 7) is 0. The predicted octanol–water partition coefficient (Wildman–Crippen LogP) is 3.64. The lowest BCUT2D eigenvalue weighted by Gasteiger charge is -2.36. The minimum absolute atomic E-state index is 0.155. The number of rotatable bonds is 7. The highest BCUT2D eigenvalue weighted by Crippen LogP contribution is 2.64. The van der Waals surface area contributed by atoms with Crippen LogP contribution in [-0.4, -0.2) is 14.6 Å². The van der Waals surface area contributed by atoms with E-state index in [4.69, 9.17) is 26.6 Å². The molecule has 2 aliphatic heterocycles. The van der Waals surface area contributed by atoms with E-state index in [0.717, 1.165) is 0 Å². The SMILES string of the molecule is O=P1(c2ccccc2)OB(OP(=O)(OB2OP(=O)(c3ccccc3)O2)c2ccccc2)O1. The van der Waals surface area contributed by atoms with Gasteiger partial charge in [0, 0.05) is 0 Å². The van der Waals surface area contributed by atoms with Crippen LogP contribution in [0.4, 0.5) is 0 Å². The van der Waals surface area contributed by atoms with Gasteiger partial charge in [-0.05, 0) is 36.4 Å². The van der Waals surface area contributed by atoms with Crippen LogP contribution in [0.1, 0.15) is 0 Å². The van der Waals surface area contributed by atoms with Gasteiger partial charge in [0.15, 0.2) is 0 Å². The van der Waals surface area contributed by atoms with Gasteiger partial charge in [0.25, 0.3) is 0 Å². The summed E-state index contributed by atoms with van der Waals surface area (Å²) in [4.78, 5) is 0. The summed E-state index contributed by atoms with van der Waals surface area (Å²) in [5, 5.41) is 0.830. The van der Waals surface area contributed by atoms with Crippen molar-refractivity contribution in [2.24, 2.45) is 0 Å². The molecule has 0 atom stereocenters. The summed E-state index contributed by atoms with van der Waals surface area (Å²) in [5.74, 6) is 0. The number of hydrogen-bond donors (Lipinski definition) is 0. The molecule has 0 bridgehead atoms. The van der Waals surface area contributed by atoms with Crippen LogP contribution in [0.2, 0.25) is 0 Å². The lowest BCUT2D eigenvalue weighted by Crippen LogP contribution is -2.42. The fourth-order valence-electron chi connectivity index (χ4n) is 2.99. The van der Waals surface area contributed by atoms with E-state index in [1.807, 2.05) is 0 Å². The molecular formula is C18H15B2O9P3. The van der Waals surface area contributed by atoms with Gasteiger partial charge < -0.3 is 26.6 Å². The van der Waals surface area contributed by atoms with Crippen molar-refractivity contribution in [1.82, 2.24) is 0 Å². The second kappa shape index (κ2) is 8.54. The Hall–Kier alpha value is -1.76. The smallest absolute Gasteiger partial charge is 0.310 e. The molecule has 0 aromatic heterocycles. The Bertz CT molecular complexity index is 1150. The Balaban J connectivity index is 1.30. The zero-order valence-corrected chi connectivity index (χ0v) is 19.0. The Morgan fingerprint density at radius 3 is 1.31 bits per heavy atom. The summed E-state index contributed by atoms with van der Waals surface area (Å²) >= 11 is 0. The minimum Gasteiger partial charge on any atom is -0.310 e. The highest BCUT2D eigenvalue weighted by atomic mass is 31.2. The van der Waals surface area contributed by atoms with Gasteiger partial charge in [0.05, 0.1) is 15.9 Å². The minimum atomic E-state index is -4.15. The van der Waals surface area contributed by atoms with E-state index < -0.39 is 37.4 Å². The molecule has 3 aromatic carbocycles. The Labute approximate surface area is 184 Å². The molecule has 2 saturated heterocycles. The quantitative estimate of drug-likeness (QED) is 0.363. The Morgan fingerprint density at radius 2 is 0.938 bits per heavy atom. The van der Waals surface area contributed by atoms with E-state index in [-0.39, 0.29) is 5.30 Å². The van der Waals surface area contributed by atoms with Crippen LogP contribution < -0.4 is 15.9 Å². The maximum absolute atomic E-state index is 13.6. The van der Waals surface area contributed by atoms with Crippen molar-refractivity contribution in [3.05, 3.63) is 91.0 Å². The maximum atomic E-state index is 13.6. The van der Waals surface area contributed by atoms with Crippen LogP contribution in [0.25, 0.3) is 0 Å². The molecule has 0 aliphatic carbocycles. The first-order chi connectivity index (χ1) is 15.4. The van der Waals surface area contributed by atoms with Crippen LogP contribution in [0.5, 0.6) is 0 Å². The van der Waals surface area contributed by atoms with Gasteiger partial charge in [0.2, 0.25) is 0 Å². The molecule has 162 valence electrons. The van der Waals surface area contributed by atoms with Gasteiger partial charge in [0.1, 0.15) is 0 Å². The molecule has 0 spiro atoms. The zero-order valence-electron chi connectivity index (χ0n) is 16.3. The van der Waals surface area contributed by atoms with Gasteiger partial charge in [-0.15, -0.1) is 0 Å². The fraction of sp³-hybridized carbons (Fsp3) is 0. The first kappa shape index (κ1) is 22.1. The summed E-state index contributed by atoms with van der Waals surface area (Å²) in [6.07, 6.45) is 0. The number of benzene rings is 3. The largest absolute Gasteiger partial charge is 0.660 e. The first-order valence-corrected chi connectivity index (χ1v) is 14.1. The van der Waals surface area contributed by atoms with E-state index in [0.29, 0.717) is 10.6 Å². The third kappa shape index (κ3) is 4.25. The van der Waals surface area contributed by atoms with Crippen molar-refractivity contribution in [3.8, 4) is 0 Å². The second-order valence-corrected chi connectivity index (χ2v) is 12.5. The molecule has 0 unspecified atom stereocenters. The normalized spacial score (nSPS) is 19.1. The molecule has 0 saturated carbocycles. The van der Waals surface area contributed by atoms with E-state index in [1.54, 1.807) is 78.9 Å². The summed E-state index contributed by atoms with van der Waals surface area (Å²) < 4.78 is 71.0. The van der Waals surface area contributed by atoms with Crippen LogP contribution in [0.15, 0.2) is 91.0 Å². The molecular weight excluding hydrogens is 475 g/mol. The van der Waals surface area contributed by atoms with Crippen molar-refractivity contribution >= 4 is 53.3 Å². The van der Waals surface area contributed by atoms with Gasteiger partial charge >= 0.3 is 37.4 Å². The lowest BCUT2D eigenvalue weighted by molar-refractivity contribution is 0.185. The van der Waals surface area contributed by atoms with Crippen molar-refractivity contribution in [1.29, 1.82) is 0 Å². The van der Waals surface area contributed by atoms with E-state index in [1.165, 1.54) is 12.1 Å². The van der Waals surface area contributed by atoms with Crippen LogP contribution in [-0.2, 0) is 40.3 Å². The summed E-state index contributed by atoms with van der Waals surface area (Å²) in [5.41, 5.74) is 0. The first-order valence-electron chi connectivity index (χ1n) is 9.46. The third-order valence-corrected chi connectivity index (χ3v) is 10.1. The molecule has 9 nitrogen and oxygen atoms in total. The highest BCUT2D eigenvalue weighted by Gasteiger charge is 2.58. The summed E-state index contributed by atoms with van der Waals surface area (Å²) in [7, 11) is -14.3. The predicted molar refractivity (Wildman–Crippen MR) is 119 cm³/mol. The van der Waals surface area contributed by atoms with E-state index in [9.17, 15) is 13.7 Å². The average molecular weight is 490 g/mol. The molecule has 3 aromatic rings. The monoisotopic (exact) mass is 490 g/mol. The van der Waals surface area contributed by atoms with Crippen molar-refractivity contribution in [3.63, 3.8) is 0 Å². The molecule has 0 amide bonds. The second-order valence-electron chi connectivity index (χ2n) is 6.71. The average Bonchev–Trinajstić information content (AvgIpc) is 2.78. The van der Waals surface area contributed by atoms with Crippen LogP contribution in [0, 0.1) is 0 Å². The Kier molecular flexibility index (Phi) is 5.89. The molecule has 2 fully saturated rings. The highest BCUT2D eigenvalue weighted by molar-refractivity contribution is 7.70.